The second kappa shape index (κ2) is 9.25. The van der Waals surface area contributed by atoms with Gasteiger partial charge in [0, 0.05) is 0 Å². The van der Waals surface area contributed by atoms with Gasteiger partial charge < -0.3 is 0 Å². The van der Waals surface area contributed by atoms with Crippen LogP contribution in [0.1, 0.15) is 28.4 Å². The molecular formula is C19H20O5Se. The van der Waals surface area contributed by atoms with Crippen molar-refractivity contribution in [3.8, 4) is 11.5 Å². The Kier molecular flexibility index (Phi) is 7.04. The summed E-state index contributed by atoms with van der Waals surface area (Å²) in [7, 11) is 2.89. The SMILES string of the molecule is COC(=O)c1cc(C[Se]Cc2ccc(OC(C)=O)cc2)ccc1OC. The molecule has 6 heteroatoms. The maximum absolute atomic E-state index is 11.8. The molecule has 132 valence electrons. The maximum atomic E-state index is 11.8. The molecule has 0 unspecified atom stereocenters. The summed E-state index contributed by atoms with van der Waals surface area (Å²) in [6.45, 7) is 1.38. The van der Waals surface area contributed by atoms with E-state index in [2.05, 4.69) is 0 Å². The van der Waals surface area contributed by atoms with E-state index in [-0.39, 0.29) is 5.97 Å². The van der Waals surface area contributed by atoms with Gasteiger partial charge in [-0.3, -0.25) is 0 Å². The Morgan fingerprint density at radius 1 is 0.960 bits per heavy atom. The third-order valence-electron chi connectivity index (χ3n) is 3.39. The van der Waals surface area contributed by atoms with Crippen molar-refractivity contribution in [2.45, 2.75) is 17.6 Å². The van der Waals surface area contributed by atoms with Gasteiger partial charge in [-0.05, 0) is 0 Å². The van der Waals surface area contributed by atoms with Crippen LogP contribution >= 0.6 is 0 Å². The molecule has 0 aliphatic rings. The molecule has 0 atom stereocenters. The Hall–Kier alpha value is -2.30. The Labute approximate surface area is 153 Å². The molecule has 5 nitrogen and oxygen atoms in total. The van der Waals surface area contributed by atoms with Gasteiger partial charge in [0.25, 0.3) is 0 Å². The van der Waals surface area contributed by atoms with E-state index in [9.17, 15) is 9.59 Å². The third-order valence-corrected chi connectivity index (χ3v) is 5.65. The number of benzene rings is 2. The molecule has 2 rings (SSSR count). The molecule has 2 aromatic carbocycles. The van der Waals surface area contributed by atoms with Crippen LogP contribution in [0.15, 0.2) is 42.5 Å². The molecule has 0 bridgehead atoms. The van der Waals surface area contributed by atoms with Crippen LogP contribution in [0, 0.1) is 0 Å². The van der Waals surface area contributed by atoms with Crippen LogP contribution in [0.2, 0.25) is 0 Å². The minimum atomic E-state index is -0.396. The van der Waals surface area contributed by atoms with Crippen LogP contribution in [-0.2, 0) is 20.2 Å². The Morgan fingerprint density at radius 3 is 2.20 bits per heavy atom. The van der Waals surface area contributed by atoms with Crippen molar-refractivity contribution in [1.29, 1.82) is 0 Å². The average molecular weight is 407 g/mol. The Balaban J connectivity index is 1.95. The van der Waals surface area contributed by atoms with Crippen LogP contribution in [0.25, 0.3) is 0 Å². The van der Waals surface area contributed by atoms with Gasteiger partial charge in [-0.15, -0.1) is 0 Å². The monoisotopic (exact) mass is 408 g/mol. The number of methoxy groups -OCH3 is 2. The van der Waals surface area contributed by atoms with E-state index in [0.29, 0.717) is 32.0 Å². The van der Waals surface area contributed by atoms with Crippen LogP contribution in [0.4, 0.5) is 0 Å². The molecule has 0 saturated carbocycles. The number of hydrogen-bond donors (Lipinski definition) is 0. The normalized spacial score (nSPS) is 10.2. The number of esters is 2. The van der Waals surface area contributed by atoms with Gasteiger partial charge in [0.1, 0.15) is 0 Å². The van der Waals surface area contributed by atoms with Crippen molar-refractivity contribution in [2.75, 3.05) is 14.2 Å². The molecule has 0 saturated heterocycles. The van der Waals surface area contributed by atoms with Crippen LogP contribution in [-0.4, -0.2) is 41.1 Å². The zero-order chi connectivity index (χ0) is 18.2. The fraction of sp³-hybridized carbons (Fsp3) is 0.263. The second-order valence-electron chi connectivity index (χ2n) is 5.26. The summed E-state index contributed by atoms with van der Waals surface area (Å²) in [6, 6.07) is 13.1. The molecule has 0 fully saturated rings. The summed E-state index contributed by atoms with van der Waals surface area (Å²) in [4.78, 5) is 22.7. The van der Waals surface area contributed by atoms with Crippen molar-refractivity contribution < 1.29 is 23.8 Å². The Morgan fingerprint density at radius 2 is 1.60 bits per heavy atom. The number of carbonyl (C=O) groups excluding carboxylic acids is 2. The molecule has 2 aromatic rings. The average Bonchev–Trinajstić information content (AvgIpc) is 2.62. The number of hydrogen-bond acceptors (Lipinski definition) is 5. The van der Waals surface area contributed by atoms with Crippen molar-refractivity contribution in [3.05, 3.63) is 59.2 Å². The van der Waals surface area contributed by atoms with Crippen LogP contribution in [0.3, 0.4) is 0 Å². The van der Waals surface area contributed by atoms with Crippen molar-refractivity contribution >= 4 is 26.9 Å². The van der Waals surface area contributed by atoms with Gasteiger partial charge in [-0.2, -0.15) is 0 Å². The first-order valence-electron chi connectivity index (χ1n) is 7.64. The number of ether oxygens (including phenoxy) is 3. The third kappa shape index (κ3) is 5.62. The summed E-state index contributed by atoms with van der Waals surface area (Å²) in [5, 5.41) is 1.85. The summed E-state index contributed by atoms with van der Waals surface area (Å²) in [5.41, 5.74) is 2.72. The Bertz CT molecular complexity index is 740. The van der Waals surface area contributed by atoms with Gasteiger partial charge in [0.2, 0.25) is 0 Å². The fourth-order valence-electron chi connectivity index (χ4n) is 2.22. The molecule has 0 heterocycles. The van der Waals surface area contributed by atoms with Crippen molar-refractivity contribution in [1.82, 2.24) is 0 Å². The minimum absolute atomic E-state index is 0.321. The molecule has 0 radical (unpaired) electrons. The fourth-order valence-corrected chi connectivity index (χ4v) is 4.20. The van der Waals surface area contributed by atoms with E-state index in [1.165, 1.54) is 26.7 Å². The van der Waals surface area contributed by atoms with E-state index in [0.717, 1.165) is 16.2 Å². The summed E-state index contributed by atoms with van der Waals surface area (Å²) >= 11 is 0.338. The molecule has 25 heavy (non-hydrogen) atoms. The summed E-state index contributed by atoms with van der Waals surface area (Å²) in [6.07, 6.45) is 0. The predicted molar refractivity (Wildman–Crippen MR) is 95.2 cm³/mol. The first-order chi connectivity index (χ1) is 12.0. The molecule has 0 aromatic heterocycles. The zero-order valence-electron chi connectivity index (χ0n) is 14.4. The van der Waals surface area contributed by atoms with Crippen LogP contribution < -0.4 is 9.47 Å². The van der Waals surface area contributed by atoms with Crippen molar-refractivity contribution in [2.24, 2.45) is 0 Å². The molecule has 0 aliphatic carbocycles. The van der Waals surface area contributed by atoms with E-state index in [1.807, 2.05) is 24.3 Å². The van der Waals surface area contributed by atoms with Crippen LogP contribution in [0.5, 0.6) is 11.5 Å². The quantitative estimate of drug-likeness (QED) is 0.401. The van der Waals surface area contributed by atoms with Gasteiger partial charge in [-0.25, -0.2) is 0 Å². The predicted octanol–water partition coefficient (Wildman–Crippen LogP) is 2.81. The molecule has 0 amide bonds. The van der Waals surface area contributed by atoms with E-state index < -0.39 is 5.97 Å². The standard InChI is InChI=1S/C19H20O5Se/c1-13(20)24-16-7-4-14(5-8-16)11-25-12-15-6-9-18(22-2)17(10-15)19(21)23-3/h4-10H,11-12H2,1-3H3. The van der Waals surface area contributed by atoms with Gasteiger partial charge in [0.05, 0.1) is 0 Å². The summed E-state index contributed by atoms with van der Waals surface area (Å²) < 4.78 is 15.0. The molecular weight excluding hydrogens is 387 g/mol. The second-order valence-corrected chi connectivity index (χ2v) is 7.32. The number of rotatable bonds is 7. The number of carbonyl (C=O) groups is 2. The molecule has 0 spiro atoms. The zero-order valence-corrected chi connectivity index (χ0v) is 16.1. The first-order valence-corrected chi connectivity index (χ1v) is 10.1. The van der Waals surface area contributed by atoms with E-state index in [1.54, 1.807) is 18.2 Å². The van der Waals surface area contributed by atoms with Gasteiger partial charge in [-0.1, -0.05) is 0 Å². The first kappa shape index (κ1) is 19.0. The summed E-state index contributed by atoms with van der Waals surface area (Å²) in [5.74, 6) is 0.357. The topological polar surface area (TPSA) is 61.8 Å². The van der Waals surface area contributed by atoms with Crippen molar-refractivity contribution in [3.63, 3.8) is 0 Å². The van der Waals surface area contributed by atoms with Gasteiger partial charge >= 0.3 is 153 Å². The van der Waals surface area contributed by atoms with E-state index in [4.69, 9.17) is 14.2 Å². The molecule has 0 N–H and O–H groups in total. The van der Waals surface area contributed by atoms with Gasteiger partial charge in [0.15, 0.2) is 0 Å². The molecule has 0 aliphatic heterocycles. The van der Waals surface area contributed by atoms with E-state index >= 15 is 0 Å².